The summed E-state index contributed by atoms with van der Waals surface area (Å²) in [5.74, 6) is 1.23. The molecule has 0 aromatic heterocycles. The van der Waals surface area contributed by atoms with Crippen LogP contribution in [0.1, 0.15) is 30.1 Å². The van der Waals surface area contributed by atoms with Gasteiger partial charge < -0.3 is 4.74 Å². The number of hydrogen-bond donors (Lipinski definition) is 0. The number of halogens is 1. The van der Waals surface area contributed by atoms with Crippen LogP contribution in [0.4, 0.5) is 0 Å². The Labute approximate surface area is 118 Å². The van der Waals surface area contributed by atoms with Crippen molar-refractivity contribution >= 4 is 11.6 Å². The molecule has 0 fully saturated rings. The van der Waals surface area contributed by atoms with E-state index in [1.165, 1.54) is 11.1 Å². The van der Waals surface area contributed by atoms with E-state index in [1.807, 2.05) is 37.3 Å². The van der Waals surface area contributed by atoms with Crippen molar-refractivity contribution in [2.75, 3.05) is 0 Å². The molecule has 0 spiro atoms. The van der Waals surface area contributed by atoms with Gasteiger partial charge in [0.2, 0.25) is 0 Å². The third-order valence-electron chi connectivity index (χ3n) is 3.44. The molecular formula is C17H15ClO. The van der Waals surface area contributed by atoms with Gasteiger partial charge in [0.05, 0.1) is 5.76 Å². The minimum absolute atomic E-state index is 0.0578. The van der Waals surface area contributed by atoms with Gasteiger partial charge in [-0.2, -0.15) is 0 Å². The molecule has 2 aromatic rings. The monoisotopic (exact) mass is 270 g/mol. The SMILES string of the molecule is CC1=C[C@H](c2ccc(Cl)cc2)[C@@H](c2ccccc2)O1. The second-order valence-electron chi connectivity index (χ2n) is 4.80. The van der Waals surface area contributed by atoms with E-state index in [-0.39, 0.29) is 12.0 Å². The minimum atomic E-state index is 0.0578. The van der Waals surface area contributed by atoms with E-state index in [4.69, 9.17) is 16.3 Å². The molecule has 0 N–H and O–H groups in total. The zero-order valence-electron chi connectivity index (χ0n) is 10.7. The highest BCUT2D eigenvalue weighted by molar-refractivity contribution is 6.30. The van der Waals surface area contributed by atoms with Crippen molar-refractivity contribution in [1.82, 2.24) is 0 Å². The van der Waals surface area contributed by atoms with E-state index in [9.17, 15) is 0 Å². The molecule has 0 saturated carbocycles. The van der Waals surface area contributed by atoms with Gasteiger partial charge in [-0.05, 0) is 36.3 Å². The maximum absolute atomic E-state index is 5.97. The van der Waals surface area contributed by atoms with Gasteiger partial charge in [-0.15, -0.1) is 0 Å². The fourth-order valence-electron chi connectivity index (χ4n) is 2.53. The van der Waals surface area contributed by atoms with Crippen molar-refractivity contribution in [2.24, 2.45) is 0 Å². The molecule has 1 heterocycles. The molecule has 0 unspecified atom stereocenters. The molecule has 0 amide bonds. The van der Waals surface area contributed by atoms with Crippen molar-refractivity contribution in [3.8, 4) is 0 Å². The fourth-order valence-corrected chi connectivity index (χ4v) is 2.65. The van der Waals surface area contributed by atoms with Crippen LogP contribution in [0, 0.1) is 0 Å². The minimum Gasteiger partial charge on any atom is -0.490 e. The molecular weight excluding hydrogens is 256 g/mol. The molecule has 1 aliphatic heterocycles. The normalized spacial score (nSPS) is 21.9. The largest absolute Gasteiger partial charge is 0.490 e. The van der Waals surface area contributed by atoms with Gasteiger partial charge in [0.25, 0.3) is 0 Å². The summed E-state index contributed by atoms with van der Waals surface area (Å²) in [6.07, 6.45) is 2.24. The molecule has 2 heteroatoms. The lowest BCUT2D eigenvalue weighted by Gasteiger charge is -2.20. The summed E-state index contributed by atoms with van der Waals surface area (Å²) in [5, 5.41) is 0.764. The molecule has 96 valence electrons. The van der Waals surface area contributed by atoms with Gasteiger partial charge in [-0.1, -0.05) is 54.1 Å². The van der Waals surface area contributed by atoms with E-state index in [2.05, 4.69) is 30.3 Å². The molecule has 0 aliphatic carbocycles. The Morgan fingerprint density at radius 1 is 0.895 bits per heavy atom. The maximum atomic E-state index is 5.97. The first-order chi connectivity index (χ1) is 9.24. The number of benzene rings is 2. The van der Waals surface area contributed by atoms with Crippen LogP contribution < -0.4 is 0 Å². The Morgan fingerprint density at radius 3 is 2.26 bits per heavy atom. The van der Waals surface area contributed by atoms with Crippen LogP contribution in [0.15, 0.2) is 66.4 Å². The Bertz CT molecular complexity index is 586. The average molecular weight is 271 g/mol. The predicted molar refractivity (Wildman–Crippen MR) is 78.2 cm³/mol. The number of ether oxygens (including phenoxy) is 1. The van der Waals surface area contributed by atoms with Crippen LogP contribution in [-0.4, -0.2) is 0 Å². The van der Waals surface area contributed by atoms with E-state index in [1.54, 1.807) is 0 Å². The van der Waals surface area contributed by atoms with Gasteiger partial charge in [-0.25, -0.2) is 0 Å². The lowest BCUT2D eigenvalue weighted by atomic mass is 9.90. The molecule has 0 radical (unpaired) electrons. The molecule has 19 heavy (non-hydrogen) atoms. The molecule has 0 bridgehead atoms. The van der Waals surface area contributed by atoms with E-state index in [0.29, 0.717) is 0 Å². The lowest BCUT2D eigenvalue weighted by Crippen LogP contribution is -2.06. The van der Waals surface area contributed by atoms with Gasteiger partial charge in [0.15, 0.2) is 0 Å². The number of allylic oxidation sites excluding steroid dienone is 1. The Kier molecular flexibility index (Phi) is 3.31. The van der Waals surface area contributed by atoms with Crippen molar-refractivity contribution < 1.29 is 4.74 Å². The number of hydrogen-bond acceptors (Lipinski definition) is 1. The highest BCUT2D eigenvalue weighted by Gasteiger charge is 2.30. The van der Waals surface area contributed by atoms with E-state index < -0.39 is 0 Å². The highest BCUT2D eigenvalue weighted by Crippen LogP contribution is 2.42. The summed E-state index contributed by atoms with van der Waals surface area (Å²) in [5.41, 5.74) is 2.44. The smallest absolute Gasteiger partial charge is 0.134 e. The second-order valence-corrected chi connectivity index (χ2v) is 5.24. The van der Waals surface area contributed by atoms with Crippen molar-refractivity contribution in [2.45, 2.75) is 18.9 Å². The lowest BCUT2D eigenvalue weighted by molar-refractivity contribution is 0.134. The summed E-state index contributed by atoms with van der Waals surface area (Å²) in [6, 6.07) is 18.3. The third kappa shape index (κ3) is 2.52. The molecule has 0 saturated heterocycles. The molecule has 2 aromatic carbocycles. The quantitative estimate of drug-likeness (QED) is 0.738. The summed E-state index contributed by atoms with van der Waals surface area (Å²) in [6.45, 7) is 2.01. The molecule has 1 nitrogen and oxygen atoms in total. The molecule has 3 rings (SSSR count). The summed E-state index contributed by atoms with van der Waals surface area (Å²) >= 11 is 5.95. The first-order valence-corrected chi connectivity index (χ1v) is 6.77. The highest BCUT2D eigenvalue weighted by atomic mass is 35.5. The summed E-state index contributed by atoms with van der Waals surface area (Å²) < 4.78 is 5.97. The summed E-state index contributed by atoms with van der Waals surface area (Å²) in [7, 11) is 0. The molecule has 2 atom stereocenters. The van der Waals surface area contributed by atoms with Gasteiger partial charge in [-0.3, -0.25) is 0 Å². The van der Waals surface area contributed by atoms with Gasteiger partial charge in [0.1, 0.15) is 6.10 Å². The molecule has 1 aliphatic rings. The fraction of sp³-hybridized carbons (Fsp3) is 0.176. The van der Waals surface area contributed by atoms with Crippen LogP contribution in [-0.2, 0) is 4.74 Å². The van der Waals surface area contributed by atoms with Crippen LogP contribution in [0.3, 0.4) is 0 Å². The zero-order chi connectivity index (χ0) is 13.2. The van der Waals surface area contributed by atoms with Crippen LogP contribution in [0.2, 0.25) is 5.02 Å². The number of rotatable bonds is 2. The van der Waals surface area contributed by atoms with Crippen molar-refractivity contribution in [3.63, 3.8) is 0 Å². The maximum Gasteiger partial charge on any atom is 0.134 e. The standard InChI is InChI=1S/C17H15ClO/c1-12-11-16(13-7-9-15(18)10-8-13)17(19-12)14-5-3-2-4-6-14/h2-11,16-17H,1H3/t16-,17-/m1/s1. The van der Waals surface area contributed by atoms with Crippen LogP contribution in [0.25, 0.3) is 0 Å². The van der Waals surface area contributed by atoms with Crippen LogP contribution >= 0.6 is 11.6 Å². The Morgan fingerprint density at radius 2 is 1.58 bits per heavy atom. The van der Waals surface area contributed by atoms with E-state index >= 15 is 0 Å². The second kappa shape index (κ2) is 5.10. The first-order valence-electron chi connectivity index (χ1n) is 6.39. The van der Waals surface area contributed by atoms with Crippen molar-refractivity contribution in [1.29, 1.82) is 0 Å². The predicted octanol–water partition coefficient (Wildman–Crippen LogP) is 5.10. The zero-order valence-corrected chi connectivity index (χ0v) is 11.5. The van der Waals surface area contributed by atoms with Crippen LogP contribution in [0.5, 0.6) is 0 Å². The van der Waals surface area contributed by atoms with Crippen molar-refractivity contribution in [3.05, 3.63) is 82.6 Å². The first kappa shape index (κ1) is 12.3. The van der Waals surface area contributed by atoms with Gasteiger partial charge in [0, 0.05) is 10.9 Å². The summed E-state index contributed by atoms with van der Waals surface area (Å²) in [4.78, 5) is 0. The van der Waals surface area contributed by atoms with E-state index in [0.717, 1.165) is 10.8 Å². The average Bonchev–Trinajstić information content (AvgIpc) is 2.83. The third-order valence-corrected chi connectivity index (χ3v) is 3.69. The Hall–Kier alpha value is -1.73. The topological polar surface area (TPSA) is 9.23 Å². The Balaban J connectivity index is 1.96. The van der Waals surface area contributed by atoms with Gasteiger partial charge >= 0.3 is 0 Å².